The van der Waals surface area contributed by atoms with E-state index < -0.39 is 17.5 Å². The molecule has 0 fully saturated rings. The molecular weight excluding hydrogens is 271 g/mol. The lowest BCUT2D eigenvalue weighted by Crippen LogP contribution is -2.10. The smallest absolute Gasteiger partial charge is 0.419 e. The van der Waals surface area contributed by atoms with Crippen molar-refractivity contribution in [1.82, 2.24) is 4.98 Å². The van der Waals surface area contributed by atoms with Gasteiger partial charge < -0.3 is 4.74 Å². The van der Waals surface area contributed by atoms with Crippen molar-refractivity contribution in [2.24, 2.45) is 0 Å². The summed E-state index contributed by atoms with van der Waals surface area (Å²) in [5.74, 6) is -0.850. The maximum absolute atomic E-state index is 12.7. The minimum absolute atomic E-state index is 0.0912. The van der Waals surface area contributed by atoms with E-state index in [4.69, 9.17) is 4.74 Å². The van der Waals surface area contributed by atoms with Gasteiger partial charge in [0.2, 0.25) is 5.78 Å². The van der Waals surface area contributed by atoms with Gasteiger partial charge in [0.1, 0.15) is 11.4 Å². The number of pyridine rings is 1. The number of halogens is 3. The molecule has 0 atom stereocenters. The van der Waals surface area contributed by atoms with Crippen LogP contribution < -0.4 is 4.74 Å². The van der Waals surface area contributed by atoms with Crippen molar-refractivity contribution >= 4 is 5.78 Å². The molecule has 0 aliphatic heterocycles. The van der Waals surface area contributed by atoms with Crippen LogP contribution in [0.5, 0.6) is 5.75 Å². The molecule has 0 N–H and O–H groups in total. The number of hydrogen-bond donors (Lipinski definition) is 0. The van der Waals surface area contributed by atoms with Crippen LogP contribution in [0.15, 0.2) is 42.6 Å². The second-order valence-electron chi connectivity index (χ2n) is 3.96. The third kappa shape index (κ3) is 2.79. The van der Waals surface area contributed by atoms with Gasteiger partial charge in [-0.05, 0) is 24.3 Å². The predicted octanol–water partition coefficient (Wildman–Crippen LogP) is 3.34. The predicted molar refractivity (Wildman–Crippen MR) is 65.7 cm³/mol. The van der Waals surface area contributed by atoms with Gasteiger partial charge in [0, 0.05) is 11.8 Å². The molecule has 2 aromatic rings. The molecule has 0 aliphatic carbocycles. The first kappa shape index (κ1) is 14.0. The minimum Gasteiger partial charge on any atom is -0.496 e. The largest absolute Gasteiger partial charge is 0.496 e. The fourth-order valence-corrected chi connectivity index (χ4v) is 1.71. The van der Waals surface area contributed by atoms with Crippen molar-refractivity contribution in [2.75, 3.05) is 7.11 Å². The number of methoxy groups -OCH3 is 1. The van der Waals surface area contributed by atoms with E-state index in [9.17, 15) is 18.0 Å². The van der Waals surface area contributed by atoms with Crippen LogP contribution in [0.1, 0.15) is 21.6 Å². The van der Waals surface area contributed by atoms with Crippen LogP contribution in [0.3, 0.4) is 0 Å². The van der Waals surface area contributed by atoms with Gasteiger partial charge in [0.15, 0.2) is 0 Å². The Morgan fingerprint density at radius 2 is 1.95 bits per heavy atom. The summed E-state index contributed by atoms with van der Waals surface area (Å²) in [6.45, 7) is 0. The van der Waals surface area contributed by atoms with Gasteiger partial charge in [-0.1, -0.05) is 12.1 Å². The Kier molecular flexibility index (Phi) is 3.74. The summed E-state index contributed by atoms with van der Waals surface area (Å²) < 4.78 is 42.8. The molecule has 0 radical (unpaired) electrons. The minimum atomic E-state index is -4.53. The highest BCUT2D eigenvalue weighted by Gasteiger charge is 2.34. The van der Waals surface area contributed by atoms with Crippen molar-refractivity contribution < 1.29 is 22.7 Å². The number of ketones is 1. The third-order valence-electron chi connectivity index (χ3n) is 2.67. The number of aromatic nitrogens is 1. The third-order valence-corrected chi connectivity index (χ3v) is 2.67. The van der Waals surface area contributed by atoms with Crippen LogP contribution in [0.25, 0.3) is 0 Å². The average molecular weight is 281 g/mol. The molecule has 0 unspecified atom stereocenters. The summed E-state index contributed by atoms with van der Waals surface area (Å²) in [5.41, 5.74) is -0.666. The zero-order chi connectivity index (χ0) is 14.8. The Morgan fingerprint density at radius 1 is 1.20 bits per heavy atom. The highest BCUT2D eigenvalue weighted by Crippen LogP contribution is 2.36. The Morgan fingerprint density at radius 3 is 2.50 bits per heavy atom. The number of ether oxygens (including phenoxy) is 1. The lowest BCUT2D eigenvalue weighted by molar-refractivity contribution is -0.138. The molecule has 1 aromatic heterocycles. The monoisotopic (exact) mass is 281 g/mol. The van der Waals surface area contributed by atoms with Gasteiger partial charge >= 0.3 is 6.18 Å². The molecule has 3 nitrogen and oxygen atoms in total. The molecule has 0 saturated carbocycles. The summed E-state index contributed by atoms with van der Waals surface area (Å²) in [6, 6.07) is 7.77. The van der Waals surface area contributed by atoms with E-state index in [0.29, 0.717) is 0 Å². The van der Waals surface area contributed by atoms with Crippen LogP contribution in [-0.2, 0) is 6.18 Å². The highest BCUT2D eigenvalue weighted by molar-refractivity contribution is 6.07. The molecule has 0 amide bonds. The molecule has 20 heavy (non-hydrogen) atoms. The fourth-order valence-electron chi connectivity index (χ4n) is 1.71. The molecule has 0 spiro atoms. The van der Waals surface area contributed by atoms with Crippen molar-refractivity contribution in [3.05, 3.63) is 59.4 Å². The van der Waals surface area contributed by atoms with E-state index in [1.807, 2.05) is 0 Å². The van der Waals surface area contributed by atoms with E-state index in [0.717, 1.165) is 25.3 Å². The first-order valence-electron chi connectivity index (χ1n) is 5.64. The summed E-state index contributed by atoms with van der Waals surface area (Å²) in [7, 11) is 1.12. The van der Waals surface area contributed by atoms with Gasteiger partial charge in [-0.25, -0.2) is 0 Å². The van der Waals surface area contributed by atoms with Crippen molar-refractivity contribution in [1.29, 1.82) is 0 Å². The molecule has 1 aromatic carbocycles. The molecule has 0 aliphatic rings. The van der Waals surface area contributed by atoms with E-state index >= 15 is 0 Å². The maximum Gasteiger partial charge on any atom is 0.419 e. The number of hydrogen-bond acceptors (Lipinski definition) is 3. The lowest BCUT2D eigenvalue weighted by Gasteiger charge is -2.12. The quantitative estimate of drug-likeness (QED) is 0.810. The molecule has 6 heteroatoms. The molecular formula is C14H10F3NO2. The van der Waals surface area contributed by atoms with Crippen molar-refractivity contribution in [3.63, 3.8) is 0 Å². The summed E-state index contributed by atoms with van der Waals surface area (Å²) >= 11 is 0. The van der Waals surface area contributed by atoms with Gasteiger partial charge in [-0.15, -0.1) is 0 Å². The van der Waals surface area contributed by atoms with Crippen LogP contribution in [0.4, 0.5) is 13.2 Å². The molecule has 1 heterocycles. The second kappa shape index (κ2) is 5.32. The van der Waals surface area contributed by atoms with E-state index in [-0.39, 0.29) is 17.0 Å². The maximum atomic E-state index is 12.7. The Hall–Kier alpha value is -2.37. The summed E-state index contributed by atoms with van der Waals surface area (Å²) in [4.78, 5) is 15.9. The van der Waals surface area contributed by atoms with E-state index in [2.05, 4.69) is 4.98 Å². The highest BCUT2D eigenvalue weighted by atomic mass is 19.4. The number of alkyl halides is 3. The first-order chi connectivity index (χ1) is 9.43. The Balaban J connectivity index is 2.43. The molecule has 0 bridgehead atoms. The first-order valence-corrected chi connectivity index (χ1v) is 5.64. The van der Waals surface area contributed by atoms with Gasteiger partial charge in [0.25, 0.3) is 0 Å². The Bertz CT molecular complexity index is 624. The van der Waals surface area contributed by atoms with Crippen LogP contribution in [0, 0.1) is 0 Å². The number of carbonyl (C=O) groups is 1. The van der Waals surface area contributed by atoms with Crippen LogP contribution >= 0.6 is 0 Å². The normalized spacial score (nSPS) is 11.2. The summed E-state index contributed by atoms with van der Waals surface area (Å²) in [5, 5.41) is 0. The van der Waals surface area contributed by atoms with Gasteiger partial charge in [-0.3, -0.25) is 9.78 Å². The van der Waals surface area contributed by atoms with E-state index in [1.165, 1.54) is 12.3 Å². The number of nitrogens with zero attached hydrogens (tertiary/aromatic N) is 1. The standard InChI is InChI=1S/C14H10F3NO2/c1-20-12-8-9(5-6-10(12)14(15,16)17)13(19)11-4-2-3-7-18-11/h2-8H,1H3. The van der Waals surface area contributed by atoms with Crippen molar-refractivity contribution in [3.8, 4) is 5.75 Å². The lowest BCUT2D eigenvalue weighted by atomic mass is 10.0. The zero-order valence-corrected chi connectivity index (χ0v) is 10.4. The SMILES string of the molecule is COc1cc(C(=O)c2ccccn2)ccc1C(F)(F)F. The molecule has 0 saturated heterocycles. The van der Waals surface area contributed by atoms with Gasteiger partial charge in [-0.2, -0.15) is 13.2 Å². The summed E-state index contributed by atoms with van der Waals surface area (Å²) in [6.07, 6.45) is -3.09. The zero-order valence-electron chi connectivity index (χ0n) is 10.4. The topological polar surface area (TPSA) is 39.2 Å². The number of benzene rings is 1. The van der Waals surface area contributed by atoms with Gasteiger partial charge in [0.05, 0.1) is 12.7 Å². The molecule has 2 rings (SSSR count). The molecule has 104 valence electrons. The van der Waals surface area contributed by atoms with Crippen molar-refractivity contribution in [2.45, 2.75) is 6.18 Å². The Labute approximate surface area is 113 Å². The van der Waals surface area contributed by atoms with Crippen LogP contribution in [0.2, 0.25) is 0 Å². The van der Waals surface area contributed by atoms with E-state index in [1.54, 1.807) is 12.1 Å². The fraction of sp³-hybridized carbons (Fsp3) is 0.143. The second-order valence-corrected chi connectivity index (χ2v) is 3.96. The number of rotatable bonds is 3. The van der Waals surface area contributed by atoms with Crippen LogP contribution in [-0.4, -0.2) is 17.9 Å². The average Bonchev–Trinajstić information content (AvgIpc) is 2.45. The number of carbonyl (C=O) groups excluding carboxylic acids is 1.